The molecule has 1 heterocycles. The fourth-order valence-electron chi connectivity index (χ4n) is 1.12. The molecule has 0 unspecified atom stereocenters. The van der Waals surface area contributed by atoms with Crippen molar-refractivity contribution in [3.63, 3.8) is 0 Å². The van der Waals surface area contributed by atoms with Gasteiger partial charge < -0.3 is 5.73 Å². The van der Waals surface area contributed by atoms with E-state index in [1.54, 1.807) is 6.26 Å². The summed E-state index contributed by atoms with van der Waals surface area (Å²) in [5.41, 5.74) is 5.27. The molecule has 0 spiro atoms. The van der Waals surface area contributed by atoms with Gasteiger partial charge in [-0.3, -0.25) is 4.57 Å². The molecule has 0 saturated carbocycles. The molecule has 15 heavy (non-hydrogen) atoms. The molecule has 0 fully saturated rings. The monoisotopic (exact) mass is 240 g/mol. The van der Waals surface area contributed by atoms with Gasteiger partial charge in [0.05, 0.1) is 0 Å². The van der Waals surface area contributed by atoms with Crippen LogP contribution >= 0.6 is 11.8 Å². The van der Waals surface area contributed by atoms with E-state index in [1.165, 1.54) is 0 Å². The second-order valence-corrected chi connectivity index (χ2v) is 3.62. The lowest BCUT2D eigenvalue weighted by Crippen LogP contribution is -2.21. The van der Waals surface area contributed by atoms with Gasteiger partial charge in [-0.25, -0.2) is 0 Å². The van der Waals surface area contributed by atoms with E-state index < -0.39 is 12.7 Å². The lowest BCUT2D eigenvalue weighted by molar-refractivity contribution is -0.142. The molecule has 0 amide bonds. The first kappa shape index (κ1) is 12.3. The first-order chi connectivity index (χ1) is 6.98. The average molecular weight is 240 g/mol. The fourth-order valence-corrected chi connectivity index (χ4v) is 1.63. The van der Waals surface area contributed by atoms with Crippen LogP contribution in [0, 0.1) is 0 Å². The highest BCUT2D eigenvalue weighted by atomic mass is 32.2. The Balaban J connectivity index is 2.94. The summed E-state index contributed by atoms with van der Waals surface area (Å²) in [5, 5.41) is 7.59. The van der Waals surface area contributed by atoms with Gasteiger partial charge in [0, 0.05) is 6.42 Å². The Morgan fingerprint density at radius 2 is 2.07 bits per heavy atom. The predicted octanol–water partition coefficient (Wildman–Crippen LogP) is 1.06. The topological polar surface area (TPSA) is 56.7 Å². The quantitative estimate of drug-likeness (QED) is 0.800. The van der Waals surface area contributed by atoms with Crippen molar-refractivity contribution in [2.24, 2.45) is 5.73 Å². The summed E-state index contributed by atoms with van der Waals surface area (Å²) in [4.78, 5) is 0. The van der Waals surface area contributed by atoms with Crippen LogP contribution in [0.1, 0.15) is 5.82 Å². The Labute approximate surface area is 89.0 Å². The van der Waals surface area contributed by atoms with E-state index in [0.29, 0.717) is 6.42 Å². The van der Waals surface area contributed by atoms with Crippen molar-refractivity contribution in [3.05, 3.63) is 5.82 Å². The third-order valence-electron chi connectivity index (χ3n) is 1.68. The van der Waals surface area contributed by atoms with Crippen LogP contribution in [-0.4, -0.2) is 33.7 Å². The van der Waals surface area contributed by atoms with Gasteiger partial charge in [-0.1, -0.05) is 11.8 Å². The average Bonchev–Trinajstić information content (AvgIpc) is 2.47. The Kier molecular flexibility index (Phi) is 3.97. The van der Waals surface area contributed by atoms with Crippen LogP contribution in [0.3, 0.4) is 0 Å². The molecule has 0 atom stereocenters. The van der Waals surface area contributed by atoms with Crippen LogP contribution in [-0.2, 0) is 13.0 Å². The van der Waals surface area contributed by atoms with Crippen LogP contribution in [0.2, 0.25) is 0 Å². The zero-order valence-electron chi connectivity index (χ0n) is 8.08. The molecule has 0 bridgehead atoms. The van der Waals surface area contributed by atoms with Crippen molar-refractivity contribution in [3.8, 4) is 0 Å². The number of thioether (sulfide) groups is 1. The maximum absolute atomic E-state index is 12.2. The Morgan fingerprint density at radius 3 is 2.53 bits per heavy atom. The number of aromatic nitrogens is 3. The molecule has 86 valence electrons. The van der Waals surface area contributed by atoms with E-state index in [-0.39, 0.29) is 17.5 Å². The molecule has 0 aliphatic carbocycles. The maximum atomic E-state index is 12.2. The van der Waals surface area contributed by atoms with Gasteiger partial charge in [0.2, 0.25) is 0 Å². The van der Waals surface area contributed by atoms with Gasteiger partial charge in [0.1, 0.15) is 12.4 Å². The minimum atomic E-state index is -4.27. The van der Waals surface area contributed by atoms with Gasteiger partial charge in [-0.15, -0.1) is 10.2 Å². The molecule has 0 aromatic carbocycles. The molecular weight excluding hydrogens is 229 g/mol. The van der Waals surface area contributed by atoms with Gasteiger partial charge in [-0.2, -0.15) is 13.2 Å². The summed E-state index contributed by atoms with van der Waals surface area (Å²) in [6.45, 7) is -0.810. The van der Waals surface area contributed by atoms with Crippen LogP contribution in [0.5, 0.6) is 0 Å². The number of nitrogens with zero attached hydrogens (tertiary/aromatic N) is 3. The third kappa shape index (κ3) is 3.38. The maximum Gasteiger partial charge on any atom is 0.406 e. The smallest absolute Gasteiger partial charge is 0.330 e. The highest BCUT2D eigenvalue weighted by molar-refractivity contribution is 7.98. The van der Waals surface area contributed by atoms with E-state index >= 15 is 0 Å². The highest BCUT2D eigenvalue weighted by Crippen LogP contribution is 2.22. The summed E-state index contributed by atoms with van der Waals surface area (Å²) >= 11 is 1.13. The summed E-state index contributed by atoms with van der Waals surface area (Å²) in [5.74, 6) is 0.277. The predicted molar refractivity (Wildman–Crippen MR) is 50.6 cm³/mol. The van der Waals surface area contributed by atoms with E-state index in [1.807, 2.05) is 0 Å². The summed E-state index contributed by atoms with van der Waals surface area (Å²) < 4.78 is 37.8. The number of rotatable bonds is 4. The van der Waals surface area contributed by atoms with Gasteiger partial charge in [0.25, 0.3) is 0 Å². The first-order valence-corrected chi connectivity index (χ1v) is 5.43. The van der Waals surface area contributed by atoms with Crippen molar-refractivity contribution >= 4 is 11.8 Å². The second-order valence-electron chi connectivity index (χ2n) is 2.84. The van der Waals surface area contributed by atoms with Crippen molar-refractivity contribution in [2.45, 2.75) is 24.3 Å². The molecule has 4 nitrogen and oxygen atoms in total. The standard InChI is InChI=1S/C7H11F3N4S/c1-15-6-13-12-5(2-3-11)14(6)4-7(8,9)10/h2-4,11H2,1H3. The first-order valence-electron chi connectivity index (χ1n) is 4.21. The van der Waals surface area contributed by atoms with Crippen molar-refractivity contribution in [1.29, 1.82) is 0 Å². The lowest BCUT2D eigenvalue weighted by Gasteiger charge is -2.11. The second kappa shape index (κ2) is 4.84. The highest BCUT2D eigenvalue weighted by Gasteiger charge is 2.30. The molecule has 0 radical (unpaired) electrons. The lowest BCUT2D eigenvalue weighted by atomic mass is 10.4. The number of halogens is 3. The van der Waals surface area contributed by atoms with Crippen molar-refractivity contribution < 1.29 is 13.2 Å². The molecule has 0 aliphatic rings. The van der Waals surface area contributed by atoms with Crippen molar-refractivity contribution in [1.82, 2.24) is 14.8 Å². The third-order valence-corrected chi connectivity index (χ3v) is 2.35. The molecule has 1 aromatic rings. The molecule has 8 heteroatoms. The van der Waals surface area contributed by atoms with Gasteiger partial charge >= 0.3 is 6.18 Å². The Hall–Kier alpha value is -0.760. The van der Waals surface area contributed by atoms with Crippen molar-refractivity contribution in [2.75, 3.05) is 12.8 Å². The summed E-state index contributed by atoms with van der Waals surface area (Å²) in [6, 6.07) is 0. The molecule has 1 rings (SSSR count). The van der Waals surface area contributed by atoms with Crippen LogP contribution in [0.4, 0.5) is 13.2 Å². The van der Waals surface area contributed by atoms with Gasteiger partial charge in [-0.05, 0) is 12.8 Å². The zero-order chi connectivity index (χ0) is 11.5. The number of nitrogens with two attached hydrogens (primary N) is 1. The zero-order valence-corrected chi connectivity index (χ0v) is 8.90. The normalized spacial score (nSPS) is 12.1. The SMILES string of the molecule is CSc1nnc(CCN)n1CC(F)(F)F. The van der Waals surface area contributed by atoms with E-state index in [0.717, 1.165) is 16.3 Å². The molecule has 1 aromatic heterocycles. The largest absolute Gasteiger partial charge is 0.406 e. The molecule has 0 saturated heterocycles. The Morgan fingerprint density at radius 1 is 1.40 bits per heavy atom. The van der Waals surface area contributed by atoms with E-state index in [9.17, 15) is 13.2 Å². The van der Waals surface area contributed by atoms with Crippen LogP contribution in [0.15, 0.2) is 5.16 Å². The molecular formula is C7H11F3N4S. The van der Waals surface area contributed by atoms with Crippen LogP contribution < -0.4 is 5.73 Å². The fraction of sp³-hybridized carbons (Fsp3) is 0.714. The number of hydrogen-bond acceptors (Lipinski definition) is 4. The Bertz CT molecular complexity index is 323. The van der Waals surface area contributed by atoms with Crippen LogP contribution in [0.25, 0.3) is 0 Å². The number of alkyl halides is 3. The van der Waals surface area contributed by atoms with E-state index in [2.05, 4.69) is 10.2 Å². The van der Waals surface area contributed by atoms with Gasteiger partial charge in [0.15, 0.2) is 5.16 Å². The summed E-state index contributed by atoms with van der Waals surface area (Å²) in [7, 11) is 0. The molecule has 2 N–H and O–H groups in total. The molecule has 0 aliphatic heterocycles. The van der Waals surface area contributed by atoms with E-state index in [4.69, 9.17) is 5.73 Å². The minimum Gasteiger partial charge on any atom is -0.330 e. The number of hydrogen-bond donors (Lipinski definition) is 1. The minimum absolute atomic E-state index is 0.254. The summed E-state index contributed by atoms with van der Waals surface area (Å²) in [6.07, 6.45) is -2.32.